The highest BCUT2D eigenvalue weighted by atomic mass is 28.4. The van der Waals surface area contributed by atoms with Crippen molar-refractivity contribution < 1.29 is 4.43 Å². The molecule has 0 saturated carbocycles. The fourth-order valence-corrected chi connectivity index (χ4v) is 2.63. The lowest BCUT2D eigenvalue weighted by molar-refractivity contribution is 0.483. The molecule has 11 heavy (non-hydrogen) atoms. The normalized spacial score (nSPS) is 29.1. The number of hydrogen-bond donors (Lipinski definition) is 0. The smallest absolute Gasteiger partial charge is 0.251 e. The first-order valence-corrected chi connectivity index (χ1v) is 7.27. The largest absolute Gasteiger partial charge is 0.534 e. The highest BCUT2D eigenvalue weighted by molar-refractivity contribution is 6.74. The lowest BCUT2D eigenvalue weighted by Crippen LogP contribution is -2.42. The van der Waals surface area contributed by atoms with E-state index in [4.69, 9.17) is 4.43 Å². The molecule has 0 aromatic heterocycles. The Morgan fingerprint density at radius 1 is 1.64 bits per heavy atom. The van der Waals surface area contributed by atoms with E-state index >= 15 is 0 Å². The summed E-state index contributed by atoms with van der Waals surface area (Å²) in [7, 11) is -1.41. The maximum Gasteiger partial charge on any atom is 0.251 e. The molecule has 1 rings (SSSR count). The molecule has 3 heteroatoms. The van der Waals surface area contributed by atoms with Gasteiger partial charge in [0.25, 0.3) is 8.32 Å². The molecule has 0 N–H and O–H groups in total. The molecule has 0 amide bonds. The van der Waals surface area contributed by atoms with Crippen molar-refractivity contribution >= 4 is 14.2 Å². The van der Waals surface area contributed by atoms with E-state index < -0.39 is 8.32 Å². The fourth-order valence-electron chi connectivity index (χ4n) is 1.08. The number of aliphatic imine (C=N–C) groups is 1. The van der Waals surface area contributed by atoms with Crippen LogP contribution in [0.4, 0.5) is 0 Å². The minimum Gasteiger partial charge on any atom is -0.534 e. The Bertz CT molecular complexity index is 177. The van der Waals surface area contributed by atoms with Gasteiger partial charge in [0, 0.05) is 18.5 Å². The van der Waals surface area contributed by atoms with E-state index in [1.807, 2.05) is 0 Å². The first-order valence-electron chi connectivity index (χ1n) is 4.28. The minimum absolute atomic E-state index is 0.665. The quantitative estimate of drug-likeness (QED) is 0.555. The number of rotatable bonds is 1. The van der Waals surface area contributed by atoms with Crippen LogP contribution in [0.3, 0.4) is 0 Å². The van der Waals surface area contributed by atoms with E-state index in [-0.39, 0.29) is 0 Å². The summed E-state index contributed by atoms with van der Waals surface area (Å²) >= 11 is 0. The predicted molar refractivity (Wildman–Crippen MR) is 50.6 cm³/mol. The molecule has 0 radical (unpaired) electrons. The van der Waals surface area contributed by atoms with Crippen LogP contribution >= 0.6 is 0 Å². The molecule has 0 saturated heterocycles. The van der Waals surface area contributed by atoms with Crippen molar-refractivity contribution in [3.8, 4) is 0 Å². The van der Waals surface area contributed by atoms with Crippen LogP contribution in [0.25, 0.3) is 0 Å². The second-order valence-electron chi connectivity index (χ2n) is 3.69. The van der Waals surface area contributed by atoms with E-state index in [0.29, 0.717) is 5.54 Å². The third kappa shape index (κ3) is 1.83. The Morgan fingerprint density at radius 3 is 2.73 bits per heavy atom. The Morgan fingerprint density at radius 2 is 2.27 bits per heavy atom. The zero-order chi connectivity index (χ0) is 8.48. The van der Waals surface area contributed by atoms with Gasteiger partial charge in [-0.25, -0.2) is 0 Å². The van der Waals surface area contributed by atoms with Gasteiger partial charge >= 0.3 is 0 Å². The van der Waals surface area contributed by atoms with Gasteiger partial charge in [0.1, 0.15) is 0 Å². The molecule has 0 spiro atoms. The van der Waals surface area contributed by atoms with E-state index in [9.17, 15) is 0 Å². The van der Waals surface area contributed by atoms with Crippen molar-refractivity contribution in [1.29, 1.82) is 0 Å². The highest BCUT2D eigenvalue weighted by Crippen LogP contribution is 2.27. The topological polar surface area (TPSA) is 21.6 Å². The van der Waals surface area contributed by atoms with Gasteiger partial charge in [0.05, 0.1) is 0 Å². The van der Waals surface area contributed by atoms with Crippen LogP contribution in [-0.4, -0.2) is 20.8 Å². The first-order chi connectivity index (χ1) is 5.06. The van der Waals surface area contributed by atoms with E-state index in [2.05, 4.69) is 31.9 Å². The highest BCUT2D eigenvalue weighted by Gasteiger charge is 2.35. The van der Waals surface area contributed by atoms with Crippen molar-refractivity contribution in [2.45, 2.75) is 38.9 Å². The lowest BCUT2D eigenvalue weighted by Gasteiger charge is -2.33. The Labute approximate surface area is 69.8 Å². The van der Waals surface area contributed by atoms with Crippen molar-refractivity contribution in [2.24, 2.45) is 4.99 Å². The lowest BCUT2D eigenvalue weighted by atomic mass is 10.4. The molecule has 0 aliphatic carbocycles. The molecule has 64 valence electrons. The van der Waals surface area contributed by atoms with Crippen molar-refractivity contribution in [2.75, 3.05) is 6.54 Å². The molecule has 1 atom stereocenters. The van der Waals surface area contributed by atoms with Crippen LogP contribution in [0.5, 0.6) is 0 Å². The maximum atomic E-state index is 5.82. The van der Waals surface area contributed by atoms with Crippen LogP contribution in [-0.2, 0) is 4.43 Å². The Kier molecular flexibility index (Phi) is 2.37. The third-order valence-electron chi connectivity index (χ3n) is 2.41. The van der Waals surface area contributed by atoms with Gasteiger partial charge in [-0.05, 0) is 13.1 Å². The predicted octanol–water partition coefficient (Wildman–Crippen LogP) is 2.42. The molecular weight excluding hydrogens is 154 g/mol. The Hall–Kier alpha value is -0.313. The molecule has 0 fully saturated rings. The van der Waals surface area contributed by atoms with Crippen LogP contribution in [0.15, 0.2) is 4.99 Å². The summed E-state index contributed by atoms with van der Waals surface area (Å²) in [6, 6.07) is 0. The van der Waals surface area contributed by atoms with Gasteiger partial charge in [0.2, 0.25) is 0 Å². The molecule has 0 aromatic rings. The van der Waals surface area contributed by atoms with Gasteiger partial charge in [-0.15, -0.1) is 0 Å². The molecule has 1 heterocycles. The summed E-state index contributed by atoms with van der Waals surface area (Å²) in [4.78, 5) is 4.35. The summed E-state index contributed by atoms with van der Waals surface area (Å²) in [5.74, 6) is 0.972. The van der Waals surface area contributed by atoms with E-state index in [1.54, 1.807) is 0 Å². The zero-order valence-corrected chi connectivity index (χ0v) is 8.85. The Balaban J connectivity index is 2.69. The second-order valence-corrected chi connectivity index (χ2v) is 8.09. The number of nitrogens with zero attached hydrogens (tertiary/aromatic N) is 1. The summed E-state index contributed by atoms with van der Waals surface area (Å²) in [5.41, 5.74) is 0.665. The maximum absolute atomic E-state index is 5.82. The van der Waals surface area contributed by atoms with E-state index in [1.165, 1.54) is 0 Å². The second kappa shape index (κ2) is 2.97. The minimum atomic E-state index is -1.41. The SMILES string of the molecule is CCC1=NCC(C)[Si](C)(C)O1. The molecule has 0 bridgehead atoms. The van der Waals surface area contributed by atoms with Crippen molar-refractivity contribution in [3.05, 3.63) is 0 Å². The summed E-state index contributed by atoms with van der Waals surface area (Å²) in [5, 5.41) is 0. The molecule has 2 nitrogen and oxygen atoms in total. The molecule has 1 unspecified atom stereocenters. The van der Waals surface area contributed by atoms with Crippen LogP contribution < -0.4 is 0 Å². The first kappa shape index (κ1) is 8.78. The molecular formula is C8H17NOSi. The molecule has 1 aliphatic heterocycles. The monoisotopic (exact) mass is 171 g/mol. The third-order valence-corrected chi connectivity index (χ3v) is 5.73. The van der Waals surface area contributed by atoms with Crippen molar-refractivity contribution in [1.82, 2.24) is 0 Å². The van der Waals surface area contributed by atoms with Crippen molar-refractivity contribution in [3.63, 3.8) is 0 Å². The van der Waals surface area contributed by atoms with Gasteiger partial charge < -0.3 is 4.43 Å². The molecule has 1 aliphatic rings. The zero-order valence-electron chi connectivity index (χ0n) is 7.85. The van der Waals surface area contributed by atoms with E-state index in [0.717, 1.165) is 18.9 Å². The summed E-state index contributed by atoms with van der Waals surface area (Å²) in [6.45, 7) is 9.84. The average Bonchev–Trinajstić information content (AvgIpc) is 1.95. The standard InChI is InChI=1S/C8H17NOSi/c1-5-8-9-6-7(2)11(3,4)10-8/h7H,5-6H2,1-4H3. The van der Waals surface area contributed by atoms with Crippen LogP contribution in [0.2, 0.25) is 18.6 Å². The number of hydrogen-bond acceptors (Lipinski definition) is 2. The van der Waals surface area contributed by atoms with Gasteiger partial charge in [-0.3, -0.25) is 4.99 Å². The molecule has 0 aromatic carbocycles. The van der Waals surface area contributed by atoms with Crippen LogP contribution in [0.1, 0.15) is 20.3 Å². The summed E-state index contributed by atoms with van der Waals surface area (Å²) < 4.78 is 5.82. The van der Waals surface area contributed by atoms with Gasteiger partial charge in [-0.2, -0.15) is 0 Å². The van der Waals surface area contributed by atoms with Gasteiger partial charge in [0.15, 0.2) is 5.90 Å². The average molecular weight is 171 g/mol. The summed E-state index contributed by atoms with van der Waals surface area (Å²) in [6.07, 6.45) is 0.948. The van der Waals surface area contributed by atoms with Gasteiger partial charge in [-0.1, -0.05) is 13.8 Å². The fraction of sp³-hybridized carbons (Fsp3) is 0.875. The van der Waals surface area contributed by atoms with Crippen LogP contribution in [0, 0.1) is 0 Å².